The van der Waals surface area contributed by atoms with Crippen LogP contribution in [0.4, 0.5) is 0 Å². The van der Waals surface area contributed by atoms with Gasteiger partial charge in [-0.15, -0.1) is 11.3 Å². The summed E-state index contributed by atoms with van der Waals surface area (Å²) in [5, 5.41) is 4.33. The van der Waals surface area contributed by atoms with Gasteiger partial charge in [-0.05, 0) is 25.5 Å². The average molecular weight is 301 g/mol. The van der Waals surface area contributed by atoms with Crippen molar-refractivity contribution in [3.8, 4) is 0 Å². The van der Waals surface area contributed by atoms with Gasteiger partial charge in [-0.25, -0.2) is 15.0 Å². The molecule has 1 aromatic carbocycles. The summed E-state index contributed by atoms with van der Waals surface area (Å²) in [6.45, 7) is 4.15. The third-order valence-electron chi connectivity index (χ3n) is 2.96. The zero-order valence-corrected chi connectivity index (χ0v) is 13.1. The summed E-state index contributed by atoms with van der Waals surface area (Å²) in [5.41, 5.74) is 4.02. The van der Waals surface area contributed by atoms with Gasteiger partial charge in [-0.3, -0.25) is 0 Å². The Morgan fingerprint density at radius 2 is 1.85 bits per heavy atom. The lowest BCUT2D eigenvalue weighted by Crippen LogP contribution is -1.93. The van der Waals surface area contributed by atoms with Crippen molar-refractivity contribution in [2.24, 2.45) is 0 Å². The molecular weight excluding hydrogens is 286 g/mol. The summed E-state index contributed by atoms with van der Waals surface area (Å²) in [7, 11) is 0. The fourth-order valence-corrected chi connectivity index (χ4v) is 3.63. The molecule has 3 rings (SSSR count). The number of thioether (sulfide) groups is 1. The summed E-state index contributed by atoms with van der Waals surface area (Å²) in [6.07, 6.45) is 1.00. The highest BCUT2D eigenvalue weighted by atomic mass is 32.2. The maximum Gasteiger partial charge on any atom is 0.118 e. The largest absolute Gasteiger partial charge is 0.249 e. The molecule has 2 aromatic heterocycles. The smallest absolute Gasteiger partial charge is 0.118 e. The third kappa shape index (κ3) is 2.83. The van der Waals surface area contributed by atoms with Gasteiger partial charge in [0.15, 0.2) is 0 Å². The lowest BCUT2D eigenvalue weighted by atomic mass is 10.3. The van der Waals surface area contributed by atoms with Gasteiger partial charge in [-0.1, -0.05) is 30.8 Å². The second-order valence-corrected chi connectivity index (χ2v) is 6.38. The molecule has 0 atom stereocenters. The van der Waals surface area contributed by atoms with E-state index in [4.69, 9.17) is 4.98 Å². The molecule has 3 aromatic rings. The van der Waals surface area contributed by atoms with Crippen molar-refractivity contribution in [2.45, 2.75) is 31.0 Å². The first-order valence-electron chi connectivity index (χ1n) is 6.55. The molecular formula is C15H15N3S2. The van der Waals surface area contributed by atoms with E-state index in [0.717, 1.165) is 39.6 Å². The molecule has 0 amide bonds. The number of hydrogen-bond acceptors (Lipinski definition) is 5. The Balaban J connectivity index is 1.81. The molecule has 0 bridgehead atoms. The lowest BCUT2D eigenvalue weighted by Gasteiger charge is -2.05. The molecule has 0 unspecified atom stereocenters. The van der Waals surface area contributed by atoms with Crippen molar-refractivity contribution in [3.05, 3.63) is 46.0 Å². The normalized spacial score (nSPS) is 11.1. The minimum Gasteiger partial charge on any atom is -0.249 e. The number of aryl methyl sites for hydroxylation is 2. The number of aromatic nitrogens is 3. The summed E-state index contributed by atoms with van der Waals surface area (Å²) >= 11 is 3.44. The highest BCUT2D eigenvalue weighted by Crippen LogP contribution is 2.25. The van der Waals surface area contributed by atoms with Crippen LogP contribution in [0.2, 0.25) is 0 Å². The van der Waals surface area contributed by atoms with Gasteiger partial charge in [-0.2, -0.15) is 0 Å². The Bertz CT molecular complexity index is 737. The molecule has 102 valence electrons. The van der Waals surface area contributed by atoms with Crippen LogP contribution in [0, 0.1) is 6.92 Å². The molecule has 0 aliphatic carbocycles. The number of nitrogens with zero attached hydrogens (tertiary/aromatic N) is 3. The average Bonchev–Trinajstić information content (AvgIpc) is 2.93. The lowest BCUT2D eigenvalue weighted by molar-refractivity contribution is 1.03. The maximum atomic E-state index is 4.69. The van der Waals surface area contributed by atoms with Crippen LogP contribution in [-0.2, 0) is 12.2 Å². The van der Waals surface area contributed by atoms with Crippen LogP contribution in [-0.4, -0.2) is 15.0 Å². The SMILES string of the molecule is CCc1nc(CSc2nc3ccccc3nc2C)cs1. The first-order valence-corrected chi connectivity index (χ1v) is 8.42. The van der Waals surface area contributed by atoms with Crippen LogP contribution >= 0.6 is 23.1 Å². The molecule has 0 spiro atoms. The highest BCUT2D eigenvalue weighted by molar-refractivity contribution is 7.98. The van der Waals surface area contributed by atoms with Gasteiger partial charge >= 0.3 is 0 Å². The van der Waals surface area contributed by atoms with E-state index in [9.17, 15) is 0 Å². The van der Waals surface area contributed by atoms with Gasteiger partial charge in [0.1, 0.15) is 5.03 Å². The van der Waals surface area contributed by atoms with Crippen LogP contribution in [0.25, 0.3) is 11.0 Å². The molecule has 0 radical (unpaired) electrons. The van der Waals surface area contributed by atoms with Crippen LogP contribution in [0.3, 0.4) is 0 Å². The zero-order valence-electron chi connectivity index (χ0n) is 11.5. The molecule has 0 N–H and O–H groups in total. The number of thiazole rings is 1. The quantitative estimate of drug-likeness (QED) is 0.675. The van der Waals surface area contributed by atoms with Crippen LogP contribution in [0.1, 0.15) is 23.3 Å². The van der Waals surface area contributed by atoms with Gasteiger partial charge in [0, 0.05) is 11.1 Å². The first kappa shape index (κ1) is 13.5. The number of hydrogen-bond donors (Lipinski definition) is 0. The second-order valence-electron chi connectivity index (χ2n) is 4.48. The molecule has 5 heteroatoms. The Kier molecular flexibility index (Phi) is 3.98. The molecule has 0 aliphatic heterocycles. The molecule has 0 saturated heterocycles. The second kappa shape index (κ2) is 5.89. The van der Waals surface area contributed by atoms with Gasteiger partial charge in [0.05, 0.1) is 27.4 Å². The minimum absolute atomic E-state index is 0.852. The van der Waals surface area contributed by atoms with Gasteiger partial charge < -0.3 is 0 Å². The van der Waals surface area contributed by atoms with Crippen molar-refractivity contribution in [1.29, 1.82) is 0 Å². The van der Waals surface area contributed by atoms with Crippen molar-refractivity contribution in [1.82, 2.24) is 15.0 Å². The van der Waals surface area contributed by atoms with Crippen molar-refractivity contribution in [2.75, 3.05) is 0 Å². The number of benzene rings is 1. The predicted molar refractivity (Wildman–Crippen MR) is 85.3 cm³/mol. The van der Waals surface area contributed by atoms with E-state index >= 15 is 0 Å². The summed E-state index contributed by atoms with van der Waals surface area (Å²) < 4.78 is 0. The van der Waals surface area contributed by atoms with Crippen LogP contribution < -0.4 is 0 Å². The molecule has 0 saturated carbocycles. The number of fused-ring (bicyclic) bond motifs is 1. The number of para-hydroxylation sites is 2. The van der Waals surface area contributed by atoms with E-state index in [0.29, 0.717) is 0 Å². The summed E-state index contributed by atoms with van der Waals surface area (Å²) in [4.78, 5) is 13.9. The van der Waals surface area contributed by atoms with Crippen LogP contribution in [0.5, 0.6) is 0 Å². The third-order valence-corrected chi connectivity index (χ3v) is 5.10. The minimum atomic E-state index is 0.852. The Morgan fingerprint density at radius 3 is 2.55 bits per heavy atom. The van der Waals surface area contributed by atoms with E-state index in [1.165, 1.54) is 5.01 Å². The van der Waals surface area contributed by atoms with E-state index in [2.05, 4.69) is 22.3 Å². The van der Waals surface area contributed by atoms with Gasteiger partial charge in [0.25, 0.3) is 0 Å². The Hall–Kier alpha value is -1.46. The molecule has 0 fully saturated rings. The van der Waals surface area contributed by atoms with E-state index < -0.39 is 0 Å². The maximum absolute atomic E-state index is 4.69. The first-order chi connectivity index (χ1) is 9.76. The topological polar surface area (TPSA) is 38.7 Å². The standard InChI is InChI=1S/C15H15N3S2/c1-3-14-17-11(8-19-14)9-20-15-10(2)16-12-6-4-5-7-13(12)18-15/h4-8H,3,9H2,1-2H3. The molecule has 2 heterocycles. The fourth-order valence-electron chi connectivity index (χ4n) is 1.93. The molecule has 3 nitrogen and oxygen atoms in total. The monoisotopic (exact) mass is 301 g/mol. The van der Waals surface area contributed by atoms with Crippen molar-refractivity contribution < 1.29 is 0 Å². The molecule has 0 aliphatic rings. The van der Waals surface area contributed by atoms with Crippen molar-refractivity contribution >= 4 is 34.1 Å². The van der Waals surface area contributed by atoms with E-state index in [1.54, 1.807) is 23.1 Å². The van der Waals surface area contributed by atoms with E-state index in [1.807, 2.05) is 31.2 Å². The van der Waals surface area contributed by atoms with Crippen LogP contribution in [0.15, 0.2) is 34.7 Å². The predicted octanol–water partition coefficient (Wildman–Crippen LogP) is 4.25. The summed E-state index contributed by atoms with van der Waals surface area (Å²) in [6, 6.07) is 7.99. The van der Waals surface area contributed by atoms with Crippen molar-refractivity contribution in [3.63, 3.8) is 0 Å². The Morgan fingerprint density at radius 1 is 1.10 bits per heavy atom. The Labute approximate surface area is 126 Å². The zero-order chi connectivity index (χ0) is 13.9. The fraction of sp³-hybridized carbons (Fsp3) is 0.267. The van der Waals surface area contributed by atoms with Gasteiger partial charge in [0.2, 0.25) is 0 Å². The molecule has 20 heavy (non-hydrogen) atoms. The highest BCUT2D eigenvalue weighted by Gasteiger charge is 2.07. The van der Waals surface area contributed by atoms with E-state index in [-0.39, 0.29) is 0 Å². The number of rotatable bonds is 4. The summed E-state index contributed by atoms with van der Waals surface area (Å²) in [5.74, 6) is 0.852.